The number of rotatable bonds is 4. The smallest absolute Gasteiger partial charge is 0.310 e. The largest absolute Gasteiger partial charge is 0.444 e. The molecule has 0 spiro atoms. The number of nitrogens with one attached hydrogen (secondary N) is 1. The summed E-state index contributed by atoms with van der Waals surface area (Å²) in [6, 6.07) is 3.29. The normalized spacial score (nSPS) is 9.94. The van der Waals surface area contributed by atoms with Gasteiger partial charge in [-0.2, -0.15) is 0 Å². The Kier molecular flexibility index (Phi) is 4.44. The maximum absolute atomic E-state index is 11.5. The van der Waals surface area contributed by atoms with Crippen LogP contribution in [0.15, 0.2) is 24.5 Å². The van der Waals surface area contributed by atoms with Gasteiger partial charge in [-0.1, -0.05) is 13.8 Å². The van der Waals surface area contributed by atoms with Crippen LogP contribution < -0.4 is 5.32 Å². The average Bonchev–Trinajstić information content (AvgIpc) is 2.29. The zero-order valence-corrected chi connectivity index (χ0v) is 9.27. The molecule has 0 aromatic carbocycles. The Bertz CT molecular complexity index is 363. The molecule has 1 rings (SSSR count). The van der Waals surface area contributed by atoms with E-state index in [0.717, 1.165) is 0 Å². The molecule has 0 bridgehead atoms. The second-order valence-corrected chi connectivity index (χ2v) is 3.51. The maximum Gasteiger partial charge on any atom is 0.310 e. The molecule has 0 aliphatic heterocycles. The predicted octanol–water partition coefficient (Wildman–Crippen LogP) is 0.968. The molecule has 0 fully saturated rings. The van der Waals surface area contributed by atoms with Gasteiger partial charge in [0.05, 0.1) is 11.5 Å². The lowest BCUT2D eigenvalue weighted by atomic mass is 10.2. The quantitative estimate of drug-likeness (QED) is 0.608. The van der Waals surface area contributed by atoms with Crippen LogP contribution >= 0.6 is 0 Å². The van der Waals surface area contributed by atoms with Crippen LogP contribution in [0.2, 0.25) is 0 Å². The van der Waals surface area contributed by atoms with Crippen LogP contribution in [0.5, 0.6) is 0 Å². The Balaban J connectivity index is 2.34. The van der Waals surface area contributed by atoms with Gasteiger partial charge in [-0.05, 0) is 12.1 Å². The van der Waals surface area contributed by atoms with E-state index in [0.29, 0.717) is 5.56 Å². The van der Waals surface area contributed by atoms with Crippen LogP contribution in [-0.2, 0) is 9.53 Å². The van der Waals surface area contributed by atoms with Crippen molar-refractivity contribution < 1.29 is 14.3 Å². The van der Waals surface area contributed by atoms with Crippen LogP contribution in [0.3, 0.4) is 0 Å². The van der Waals surface area contributed by atoms with Crippen LogP contribution in [0.25, 0.3) is 0 Å². The number of ether oxygens (including phenoxy) is 1. The highest BCUT2D eigenvalue weighted by Gasteiger charge is 2.09. The summed E-state index contributed by atoms with van der Waals surface area (Å²) in [5, 5.41) is 2.46. The van der Waals surface area contributed by atoms with Crippen LogP contribution in [0.4, 0.5) is 0 Å². The summed E-state index contributed by atoms with van der Waals surface area (Å²) in [5.41, 5.74) is 0.433. The number of nitrogens with zero attached hydrogens (tertiary/aromatic N) is 1. The molecule has 0 atom stereocenters. The highest BCUT2D eigenvalue weighted by atomic mass is 16.5. The molecular weight excluding hydrogens is 208 g/mol. The first kappa shape index (κ1) is 12.2. The van der Waals surface area contributed by atoms with Crippen molar-refractivity contribution in [3.05, 3.63) is 30.1 Å². The third kappa shape index (κ3) is 3.68. The second-order valence-electron chi connectivity index (χ2n) is 3.51. The summed E-state index contributed by atoms with van der Waals surface area (Å²) in [6.45, 7) is 3.33. The highest BCUT2D eigenvalue weighted by Crippen LogP contribution is 1.96. The van der Waals surface area contributed by atoms with E-state index in [1.165, 1.54) is 6.20 Å². The lowest BCUT2D eigenvalue weighted by Crippen LogP contribution is -2.28. The Morgan fingerprint density at radius 3 is 2.81 bits per heavy atom. The molecule has 5 heteroatoms. The molecule has 0 saturated heterocycles. The van der Waals surface area contributed by atoms with Crippen molar-refractivity contribution in [3.63, 3.8) is 0 Å². The number of esters is 1. The van der Waals surface area contributed by atoms with Gasteiger partial charge in [-0.3, -0.25) is 14.6 Å². The number of amides is 1. The number of hydrogen-bond donors (Lipinski definition) is 1. The number of aromatic nitrogens is 1. The van der Waals surface area contributed by atoms with Gasteiger partial charge in [0.1, 0.15) is 0 Å². The first-order valence-corrected chi connectivity index (χ1v) is 4.96. The fraction of sp³-hybridized carbons (Fsp3) is 0.364. The predicted molar refractivity (Wildman–Crippen MR) is 57.5 cm³/mol. The van der Waals surface area contributed by atoms with Gasteiger partial charge in [0.15, 0.2) is 6.73 Å². The SMILES string of the molecule is CC(C)C(=O)OCNC(=O)c1cccnc1. The third-order valence-corrected chi connectivity index (χ3v) is 1.84. The van der Waals surface area contributed by atoms with Crippen molar-refractivity contribution in [1.82, 2.24) is 10.3 Å². The van der Waals surface area contributed by atoms with Crippen molar-refractivity contribution in [2.24, 2.45) is 5.92 Å². The molecule has 0 saturated carbocycles. The molecule has 86 valence electrons. The molecular formula is C11H14N2O3. The molecule has 1 N–H and O–H groups in total. The van der Waals surface area contributed by atoms with E-state index >= 15 is 0 Å². The van der Waals surface area contributed by atoms with Crippen molar-refractivity contribution in [2.75, 3.05) is 6.73 Å². The number of pyridine rings is 1. The maximum atomic E-state index is 11.5. The Morgan fingerprint density at radius 2 is 2.25 bits per heavy atom. The van der Waals surface area contributed by atoms with Crippen LogP contribution in [0, 0.1) is 5.92 Å². The highest BCUT2D eigenvalue weighted by molar-refractivity contribution is 5.93. The second kappa shape index (κ2) is 5.85. The topological polar surface area (TPSA) is 68.3 Å². The molecule has 1 aromatic heterocycles. The van der Waals surface area contributed by atoms with Crippen molar-refractivity contribution >= 4 is 11.9 Å². The van der Waals surface area contributed by atoms with Gasteiger partial charge in [0, 0.05) is 12.4 Å². The lowest BCUT2D eigenvalue weighted by molar-refractivity contribution is -0.147. The first-order valence-electron chi connectivity index (χ1n) is 4.96. The van der Waals surface area contributed by atoms with Gasteiger partial charge >= 0.3 is 5.97 Å². The fourth-order valence-corrected chi connectivity index (χ4v) is 0.939. The minimum Gasteiger partial charge on any atom is -0.444 e. The van der Waals surface area contributed by atoms with E-state index in [-0.39, 0.29) is 24.5 Å². The minimum atomic E-state index is -0.341. The summed E-state index contributed by atoms with van der Waals surface area (Å²) in [6.07, 6.45) is 3.02. The molecule has 1 amide bonds. The molecule has 0 radical (unpaired) electrons. The van der Waals surface area contributed by atoms with Gasteiger partial charge in [-0.15, -0.1) is 0 Å². The van der Waals surface area contributed by atoms with Crippen molar-refractivity contribution in [1.29, 1.82) is 0 Å². The molecule has 0 aliphatic carbocycles. The van der Waals surface area contributed by atoms with Crippen LogP contribution in [0.1, 0.15) is 24.2 Å². The van der Waals surface area contributed by atoms with Gasteiger partial charge in [0.25, 0.3) is 5.91 Å². The fourth-order valence-electron chi connectivity index (χ4n) is 0.939. The molecule has 5 nitrogen and oxygen atoms in total. The molecule has 1 aromatic rings. The summed E-state index contributed by atoms with van der Waals surface area (Å²) in [4.78, 5) is 26.3. The molecule has 16 heavy (non-hydrogen) atoms. The van der Waals surface area contributed by atoms with Crippen LogP contribution in [-0.4, -0.2) is 23.6 Å². The van der Waals surface area contributed by atoms with Crippen molar-refractivity contribution in [2.45, 2.75) is 13.8 Å². The standard InChI is InChI=1S/C11H14N2O3/c1-8(2)11(15)16-7-13-10(14)9-4-3-5-12-6-9/h3-6,8H,7H2,1-2H3,(H,13,14). The monoisotopic (exact) mass is 222 g/mol. The molecule has 1 heterocycles. The van der Waals surface area contributed by atoms with E-state index in [1.54, 1.807) is 32.2 Å². The third-order valence-electron chi connectivity index (χ3n) is 1.84. The van der Waals surface area contributed by atoms with E-state index in [9.17, 15) is 9.59 Å². The van der Waals surface area contributed by atoms with E-state index in [1.807, 2.05) is 0 Å². The van der Waals surface area contributed by atoms with Gasteiger partial charge < -0.3 is 10.1 Å². The van der Waals surface area contributed by atoms with Gasteiger partial charge in [0.2, 0.25) is 0 Å². The summed E-state index contributed by atoms with van der Waals surface area (Å²) < 4.78 is 4.80. The molecule has 0 aliphatic rings. The summed E-state index contributed by atoms with van der Waals surface area (Å²) in [5.74, 6) is -0.855. The van der Waals surface area contributed by atoms with Crippen molar-refractivity contribution in [3.8, 4) is 0 Å². The Labute approximate surface area is 93.8 Å². The van der Waals surface area contributed by atoms with E-state index in [4.69, 9.17) is 4.74 Å². The molecule has 0 unspecified atom stereocenters. The number of carbonyl (C=O) groups is 2. The zero-order chi connectivity index (χ0) is 12.0. The van der Waals surface area contributed by atoms with E-state index < -0.39 is 0 Å². The Morgan fingerprint density at radius 1 is 1.50 bits per heavy atom. The summed E-state index contributed by atoms with van der Waals surface area (Å²) in [7, 11) is 0. The van der Waals surface area contributed by atoms with Gasteiger partial charge in [-0.25, -0.2) is 0 Å². The lowest BCUT2D eigenvalue weighted by Gasteiger charge is -2.08. The Hall–Kier alpha value is -1.91. The summed E-state index contributed by atoms with van der Waals surface area (Å²) >= 11 is 0. The number of hydrogen-bond acceptors (Lipinski definition) is 4. The number of carbonyl (C=O) groups excluding carboxylic acids is 2. The zero-order valence-electron chi connectivity index (χ0n) is 9.27. The first-order chi connectivity index (χ1) is 7.61. The van der Waals surface area contributed by atoms with E-state index in [2.05, 4.69) is 10.3 Å². The minimum absolute atomic E-state index is 0.120. The average molecular weight is 222 g/mol.